The molecule has 3 aromatic rings. The zero-order valence-electron chi connectivity index (χ0n) is 10.4. The lowest BCUT2D eigenvalue weighted by molar-refractivity contribution is -0.380. The molecule has 8 heteroatoms. The SMILES string of the molecule is Nc1onc(-c2ccc([N+](=O)[O-])s2)c1-c1ccc(Br)cc1. The Hall–Kier alpha value is -2.19. The predicted molar refractivity (Wildman–Crippen MR) is 84.0 cm³/mol. The maximum absolute atomic E-state index is 10.8. The molecule has 3 rings (SSSR count). The largest absolute Gasteiger partial charge is 0.367 e. The lowest BCUT2D eigenvalue weighted by Gasteiger charge is -2.01. The van der Waals surface area contributed by atoms with E-state index < -0.39 is 4.92 Å². The number of rotatable bonds is 3. The number of benzene rings is 1. The van der Waals surface area contributed by atoms with Gasteiger partial charge in [0.1, 0.15) is 5.69 Å². The molecule has 0 unspecified atom stereocenters. The number of halogens is 1. The molecule has 0 spiro atoms. The van der Waals surface area contributed by atoms with Gasteiger partial charge in [0.05, 0.1) is 15.4 Å². The summed E-state index contributed by atoms with van der Waals surface area (Å²) in [5.41, 5.74) is 7.83. The van der Waals surface area contributed by atoms with Gasteiger partial charge in [-0.25, -0.2) is 0 Å². The van der Waals surface area contributed by atoms with E-state index in [4.69, 9.17) is 10.3 Å². The van der Waals surface area contributed by atoms with Crippen LogP contribution in [0.4, 0.5) is 10.9 Å². The molecule has 0 aliphatic heterocycles. The van der Waals surface area contributed by atoms with Gasteiger partial charge in [-0.05, 0) is 23.8 Å². The van der Waals surface area contributed by atoms with Crippen molar-refractivity contribution in [1.82, 2.24) is 5.16 Å². The number of anilines is 1. The molecule has 0 saturated carbocycles. The van der Waals surface area contributed by atoms with Crippen LogP contribution in [0.3, 0.4) is 0 Å². The lowest BCUT2D eigenvalue weighted by atomic mass is 10.1. The van der Waals surface area contributed by atoms with Crippen LogP contribution in [0.1, 0.15) is 0 Å². The van der Waals surface area contributed by atoms with E-state index in [2.05, 4.69) is 21.1 Å². The number of aromatic nitrogens is 1. The summed E-state index contributed by atoms with van der Waals surface area (Å²) in [6.45, 7) is 0. The zero-order valence-corrected chi connectivity index (χ0v) is 12.8. The number of nitrogens with two attached hydrogens (primary N) is 1. The standard InChI is InChI=1S/C13H8BrN3O3S/c14-8-3-1-7(2-4-8)11-12(16-20-13(11)15)9-5-6-10(21-9)17(18)19/h1-6H,15H2. The van der Waals surface area contributed by atoms with Gasteiger partial charge in [0, 0.05) is 10.5 Å². The Morgan fingerprint density at radius 1 is 1.24 bits per heavy atom. The Kier molecular flexibility index (Phi) is 3.48. The van der Waals surface area contributed by atoms with E-state index >= 15 is 0 Å². The summed E-state index contributed by atoms with van der Waals surface area (Å²) in [5, 5.41) is 14.8. The van der Waals surface area contributed by atoms with Crippen LogP contribution < -0.4 is 5.73 Å². The quantitative estimate of drug-likeness (QED) is 0.550. The van der Waals surface area contributed by atoms with Crippen LogP contribution in [0, 0.1) is 10.1 Å². The van der Waals surface area contributed by atoms with Gasteiger partial charge in [0.15, 0.2) is 0 Å². The van der Waals surface area contributed by atoms with E-state index in [1.807, 2.05) is 24.3 Å². The van der Waals surface area contributed by atoms with Crippen LogP contribution in [0.5, 0.6) is 0 Å². The molecule has 106 valence electrons. The number of nitro groups is 1. The zero-order chi connectivity index (χ0) is 15.0. The maximum atomic E-state index is 10.8. The molecule has 0 radical (unpaired) electrons. The third-order valence-electron chi connectivity index (χ3n) is 2.86. The van der Waals surface area contributed by atoms with Crippen molar-refractivity contribution in [3.8, 4) is 21.7 Å². The van der Waals surface area contributed by atoms with Crippen molar-refractivity contribution in [2.45, 2.75) is 0 Å². The molecular weight excluding hydrogens is 358 g/mol. The minimum Gasteiger partial charge on any atom is -0.367 e. The summed E-state index contributed by atoms with van der Waals surface area (Å²) in [4.78, 5) is 11.0. The summed E-state index contributed by atoms with van der Waals surface area (Å²) in [6, 6.07) is 10.6. The summed E-state index contributed by atoms with van der Waals surface area (Å²) in [5.74, 6) is 0.184. The van der Waals surface area contributed by atoms with Crippen molar-refractivity contribution in [3.05, 3.63) is 51.0 Å². The molecule has 0 saturated heterocycles. The number of nitrogen functional groups attached to an aromatic ring is 1. The van der Waals surface area contributed by atoms with E-state index in [0.717, 1.165) is 21.4 Å². The van der Waals surface area contributed by atoms with Gasteiger partial charge in [-0.1, -0.05) is 44.6 Å². The van der Waals surface area contributed by atoms with E-state index in [-0.39, 0.29) is 10.9 Å². The molecule has 21 heavy (non-hydrogen) atoms. The molecule has 0 bridgehead atoms. The minimum atomic E-state index is -0.434. The van der Waals surface area contributed by atoms with E-state index in [9.17, 15) is 10.1 Å². The fourth-order valence-corrected chi connectivity index (χ4v) is 2.99. The van der Waals surface area contributed by atoms with Crippen molar-refractivity contribution in [1.29, 1.82) is 0 Å². The second kappa shape index (κ2) is 5.30. The first kappa shape index (κ1) is 13.8. The number of thiophene rings is 1. The average Bonchev–Trinajstić information content (AvgIpc) is 3.06. The second-order valence-corrected chi connectivity index (χ2v) is 6.15. The fourth-order valence-electron chi connectivity index (χ4n) is 1.92. The smallest absolute Gasteiger partial charge is 0.324 e. The van der Waals surface area contributed by atoms with Crippen LogP contribution >= 0.6 is 27.3 Å². The lowest BCUT2D eigenvalue weighted by Crippen LogP contribution is -1.86. The second-order valence-electron chi connectivity index (χ2n) is 4.17. The van der Waals surface area contributed by atoms with Crippen molar-refractivity contribution in [3.63, 3.8) is 0 Å². The van der Waals surface area contributed by atoms with Crippen LogP contribution in [0.15, 0.2) is 45.4 Å². The molecule has 6 nitrogen and oxygen atoms in total. The van der Waals surface area contributed by atoms with Gasteiger partial charge >= 0.3 is 5.00 Å². The van der Waals surface area contributed by atoms with Gasteiger partial charge in [-0.15, -0.1) is 0 Å². The Labute approximate surface area is 131 Å². The molecule has 2 heterocycles. The first-order valence-electron chi connectivity index (χ1n) is 5.82. The predicted octanol–water partition coefficient (Wildman–Crippen LogP) is 4.32. The average molecular weight is 366 g/mol. The molecule has 0 amide bonds. The first-order chi connectivity index (χ1) is 10.1. The van der Waals surface area contributed by atoms with Gasteiger partial charge in [-0.2, -0.15) is 0 Å². The van der Waals surface area contributed by atoms with E-state index in [0.29, 0.717) is 16.1 Å². The monoisotopic (exact) mass is 365 g/mol. The Bertz CT molecular complexity index is 810. The number of hydrogen-bond donors (Lipinski definition) is 1. The summed E-state index contributed by atoms with van der Waals surface area (Å²) in [6.07, 6.45) is 0. The summed E-state index contributed by atoms with van der Waals surface area (Å²) < 4.78 is 6.00. The molecule has 0 aliphatic rings. The molecule has 0 atom stereocenters. The maximum Gasteiger partial charge on any atom is 0.324 e. The third-order valence-corrected chi connectivity index (χ3v) is 4.43. The molecule has 2 aromatic heterocycles. The van der Waals surface area contributed by atoms with Gasteiger partial charge in [0.25, 0.3) is 0 Å². The summed E-state index contributed by atoms with van der Waals surface area (Å²) in [7, 11) is 0. The van der Waals surface area contributed by atoms with Crippen LogP contribution in [-0.4, -0.2) is 10.1 Å². The molecule has 0 aliphatic carbocycles. The Balaban J connectivity index is 2.11. The fraction of sp³-hybridized carbons (Fsp3) is 0. The molecule has 0 fully saturated rings. The highest BCUT2D eigenvalue weighted by Crippen LogP contribution is 2.40. The normalized spacial score (nSPS) is 10.7. The first-order valence-corrected chi connectivity index (χ1v) is 7.43. The van der Waals surface area contributed by atoms with Gasteiger partial charge < -0.3 is 10.3 Å². The topological polar surface area (TPSA) is 95.2 Å². The highest BCUT2D eigenvalue weighted by molar-refractivity contribution is 9.10. The van der Waals surface area contributed by atoms with Crippen molar-refractivity contribution >= 4 is 38.2 Å². The number of hydrogen-bond acceptors (Lipinski definition) is 6. The molecule has 1 aromatic carbocycles. The van der Waals surface area contributed by atoms with Crippen molar-refractivity contribution in [2.75, 3.05) is 5.73 Å². The Morgan fingerprint density at radius 3 is 2.57 bits per heavy atom. The van der Waals surface area contributed by atoms with Gasteiger partial charge in [-0.3, -0.25) is 10.1 Å². The third kappa shape index (κ3) is 2.55. The van der Waals surface area contributed by atoms with Crippen molar-refractivity contribution in [2.24, 2.45) is 0 Å². The van der Waals surface area contributed by atoms with Crippen LogP contribution in [-0.2, 0) is 0 Å². The van der Waals surface area contributed by atoms with E-state index in [1.54, 1.807) is 6.07 Å². The minimum absolute atomic E-state index is 0.0494. The molecule has 2 N–H and O–H groups in total. The highest BCUT2D eigenvalue weighted by atomic mass is 79.9. The van der Waals surface area contributed by atoms with Crippen LogP contribution in [0.2, 0.25) is 0 Å². The van der Waals surface area contributed by atoms with Crippen molar-refractivity contribution < 1.29 is 9.45 Å². The molecular formula is C13H8BrN3O3S. The summed E-state index contributed by atoms with van der Waals surface area (Å²) >= 11 is 4.40. The highest BCUT2D eigenvalue weighted by Gasteiger charge is 2.21. The van der Waals surface area contributed by atoms with Crippen LogP contribution in [0.25, 0.3) is 21.7 Å². The van der Waals surface area contributed by atoms with E-state index in [1.165, 1.54) is 6.07 Å². The Morgan fingerprint density at radius 2 is 1.95 bits per heavy atom. The van der Waals surface area contributed by atoms with Gasteiger partial charge in [0.2, 0.25) is 5.88 Å². The number of nitrogens with zero attached hydrogens (tertiary/aromatic N) is 2.